The van der Waals surface area contributed by atoms with E-state index in [4.69, 9.17) is 4.74 Å². The molecule has 1 N–H and O–H groups in total. The number of hydrogen-bond acceptors (Lipinski definition) is 6. The van der Waals surface area contributed by atoms with E-state index in [9.17, 15) is 4.79 Å². The van der Waals surface area contributed by atoms with Gasteiger partial charge in [0.25, 0.3) is 0 Å². The molecular weight excluding hydrogens is 362 g/mol. The van der Waals surface area contributed by atoms with Gasteiger partial charge in [0, 0.05) is 25.7 Å². The molecule has 2 fully saturated rings. The van der Waals surface area contributed by atoms with E-state index in [1.54, 1.807) is 0 Å². The number of nitrogens with one attached hydrogen (secondary N) is 1. The highest BCUT2D eigenvalue weighted by atomic mass is 32.2. The van der Waals surface area contributed by atoms with Crippen molar-refractivity contribution in [3.05, 3.63) is 0 Å². The Morgan fingerprint density at radius 3 is 2.70 bits per heavy atom. The summed E-state index contributed by atoms with van der Waals surface area (Å²) in [5, 5.41) is 12.9. The molecule has 2 aliphatic rings. The van der Waals surface area contributed by atoms with Gasteiger partial charge in [-0.05, 0) is 24.7 Å². The predicted molar refractivity (Wildman–Crippen MR) is 108 cm³/mol. The van der Waals surface area contributed by atoms with E-state index in [1.807, 2.05) is 0 Å². The number of ether oxygens (including phenoxy) is 1. The Kier molecular flexibility index (Phi) is 7.41. The first-order valence-electron chi connectivity index (χ1n) is 10.2. The minimum absolute atomic E-state index is 0.103. The van der Waals surface area contributed by atoms with Crippen LogP contribution in [-0.2, 0) is 16.1 Å². The monoisotopic (exact) mass is 395 g/mol. The van der Waals surface area contributed by atoms with Crippen LogP contribution in [0.5, 0.6) is 0 Å². The number of carbonyl (C=O) groups is 1. The lowest BCUT2D eigenvalue weighted by Gasteiger charge is -2.29. The van der Waals surface area contributed by atoms with Crippen LogP contribution in [0.1, 0.15) is 46.5 Å². The fourth-order valence-corrected chi connectivity index (χ4v) is 4.57. The molecule has 2 heterocycles. The van der Waals surface area contributed by atoms with Crippen molar-refractivity contribution in [2.45, 2.75) is 64.2 Å². The molecule has 2 atom stereocenters. The third-order valence-corrected chi connectivity index (χ3v) is 6.30. The molecule has 8 heteroatoms. The first kappa shape index (κ1) is 20.5. The summed E-state index contributed by atoms with van der Waals surface area (Å²) in [6.45, 7) is 10.6. The van der Waals surface area contributed by atoms with E-state index in [0.29, 0.717) is 23.6 Å². The molecule has 1 aromatic heterocycles. The maximum Gasteiger partial charge on any atom is 0.230 e. The molecule has 1 saturated carbocycles. The highest BCUT2D eigenvalue weighted by Crippen LogP contribution is 2.26. The number of aromatic nitrogens is 3. The molecule has 0 spiro atoms. The second kappa shape index (κ2) is 9.78. The molecule has 1 saturated heterocycles. The summed E-state index contributed by atoms with van der Waals surface area (Å²) in [6, 6.07) is 0.323. The molecule has 1 aromatic rings. The molecule has 1 aliphatic heterocycles. The lowest BCUT2D eigenvalue weighted by atomic mass is 9.86. The van der Waals surface area contributed by atoms with Gasteiger partial charge in [0.2, 0.25) is 11.9 Å². The minimum Gasteiger partial charge on any atom is -0.378 e. The fraction of sp³-hybridized carbons (Fsp3) is 0.842. The Balaban J connectivity index is 1.61. The molecule has 1 amide bonds. The van der Waals surface area contributed by atoms with Gasteiger partial charge in [-0.1, -0.05) is 45.4 Å². The quantitative estimate of drug-likeness (QED) is 0.716. The lowest BCUT2D eigenvalue weighted by molar-refractivity contribution is -0.119. The van der Waals surface area contributed by atoms with Gasteiger partial charge in [-0.2, -0.15) is 0 Å². The molecule has 0 aromatic carbocycles. The summed E-state index contributed by atoms with van der Waals surface area (Å²) in [7, 11) is 0. The SMILES string of the molecule is CC(C)Cn1c(SCC(=O)N[C@H]2CCCC[C@H]2C)nnc1N1CCOCC1. The molecule has 0 radical (unpaired) electrons. The van der Waals surface area contributed by atoms with E-state index in [1.165, 1.54) is 31.0 Å². The highest BCUT2D eigenvalue weighted by molar-refractivity contribution is 7.99. The van der Waals surface area contributed by atoms with Crippen LogP contribution in [0, 0.1) is 11.8 Å². The van der Waals surface area contributed by atoms with Crippen LogP contribution in [0.2, 0.25) is 0 Å². The van der Waals surface area contributed by atoms with Crippen LogP contribution in [0.4, 0.5) is 5.95 Å². The molecule has 1 aliphatic carbocycles. The first-order chi connectivity index (χ1) is 13.0. The smallest absolute Gasteiger partial charge is 0.230 e. The number of thioether (sulfide) groups is 1. The molecule has 152 valence electrons. The minimum atomic E-state index is 0.103. The number of nitrogens with zero attached hydrogens (tertiary/aromatic N) is 4. The van der Waals surface area contributed by atoms with Crippen molar-refractivity contribution in [2.75, 3.05) is 37.0 Å². The summed E-state index contributed by atoms with van der Waals surface area (Å²) >= 11 is 1.49. The number of morpholine rings is 1. The van der Waals surface area contributed by atoms with Crippen molar-refractivity contribution >= 4 is 23.6 Å². The zero-order chi connectivity index (χ0) is 19.2. The highest BCUT2D eigenvalue weighted by Gasteiger charge is 2.24. The maximum absolute atomic E-state index is 12.5. The van der Waals surface area contributed by atoms with Crippen molar-refractivity contribution in [1.82, 2.24) is 20.1 Å². The Morgan fingerprint density at radius 2 is 2.00 bits per heavy atom. The van der Waals surface area contributed by atoms with Gasteiger partial charge >= 0.3 is 0 Å². The van der Waals surface area contributed by atoms with Crippen LogP contribution in [0.3, 0.4) is 0 Å². The Morgan fingerprint density at radius 1 is 1.26 bits per heavy atom. The van der Waals surface area contributed by atoms with Gasteiger partial charge in [-0.3, -0.25) is 9.36 Å². The molecule has 27 heavy (non-hydrogen) atoms. The fourth-order valence-electron chi connectivity index (χ4n) is 3.82. The Hall–Kier alpha value is -1.28. The number of rotatable bonds is 7. The van der Waals surface area contributed by atoms with E-state index >= 15 is 0 Å². The average molecular weight is 396 g/mol. The van der Waals surface area contributed by atoms with Gasteiger partial charge in [0.1, 0.15) is 0 Å². The lowest BCUT2D eigenvalue weighted by Crippen LogP contribution is -2.41. The number of carbonyl (C=O) groups excluding carboxylic acids is 1. The number of hydrogen-bond donors (Lipinski definition) is 1. The van der Waals surface area contributed by atoms with E-state index < -0.39 is 0 Å². The molecule has 7 nitrogen and oxygen atoms in total. The maximum atomic E-state index is 12.5. The molecule has 3 rings (SSSR count). The van der Waals surface area contributed by atoms with E-state index in [0.717, 1.165) is 50.4 Å². The molecular formula is C19H33N5O2S. The largest absolute Gasteiger partial charge is 0.378 e. The third kappa shape index (κ3) is 5.60. The van der Waals surface area contributed by atoms with Crippen LogP contribution in [-0.4, -0.2) is 58.8 Å². The van der Waals surface area contributed by atoms with Crippen LogP contribution >= 0.6 is 11.8 Å². The first-order valence-corrected chi connectivity index (χ1v) is 11.2. The summed E-state index contributed by atoms with van der Waals surface area (Å²) in [5.74, 6) is 2.45. The Labute approximate surface area is 166 Å². The second-order valence-corrected chi connectivity index (χ2v) is 9.05. The van der Waals surface area contributed by atoms with Crippen molar-refractivity contribution in [1.29, 1.82) is 0 Å². The number of amides is 1. The zero-order valence-electron chi connectivity index (χ0n) is 16.8. The predicted octanol–water partition coefficient (Wildman–Crippen LogP) is 2.56. The van der Waals surface area contributed by atoms with Gasteiger partial charge in [-0.15, -0.1) is 10.2 Å². The zero-order valence-corrected chi connectivity index (χ0v) is 17.6. The van der Waals surface area contributed by atoms with Crippen molar-refractivity contribution in [3.63, 3.8) is 0 Å². The standard InChI is InChI=1S/C19H33N5O2S/c1-14(2)12-24-18(23-8-10-26-11-9-23)21-22-19(24)27-13-17(25)20-16-7-5-4-6-15(16)3/h14-16H,4-13H2,1-3H3,(H,20,25)/t15-,16+/m1/s1. The van der Waals surface area contributed by atoms with Crippen LogP contribution in [0.25, 0.3) is 0 Å². The number of anilines is 1. The van der Waals surface area contributed by atoms with Gasteiger partial charge < -0.3 is 15.0 Å². The molecule has 0 unspecified atom stereocenters. The van der Waals surface area contributed by atoms with Crippen molar-refractivity contribution in [3.8, 4) is 0 Å². The van der Waals surface area contributed by atoms with E-state index in [-0.39, 0.29) is 5.91 Å². The van der Waals surface area contributed by atoms with Gasteiger partial charge in [0.05, 0.1) is 19.0 Å². The second-order valence-electron chi connectivity index (χ2n) is 8.11. The third-order valence-electron chi connectivity index (χ3n) is 5.33. The summed E-state index contributed by atoms with van der Waals surface area (Å²) < 4.78 is 7.62. The molecule has 0 bridgehead atoms. The Bertz CT molecular complexity index is 615. The van der Waals surface area contributed by atoms with Crippen LogP contribution in [0.15, 0.2) is 5.16 Å². The summed E-state index contributed by atoms with van der Waals surface area (Å²) in [6.07, 6.45) is 4.81. The van der Waals surface area contributed by atoms with E-state index in [2.05, 4.69) is 45.8 Å². The topological polar surface area (TPSA) is 72.3 Å². The van der Waals surface area contributed by atoms with Crippen molar-refractivity contribution in [2.24, 2.45) is 11.8 Å². The van der Waals surface area contributed by atoms with Crippen LogP contribution < -0.4 is 10.2 Å². The summed E-state index contributed by atoms with van der Waals surface area (Å²) in [4.78, 5) is 14.7. The van der Waals surface area contributed by atoms with Gasteiger partial charge in [0.15, 0.2) is 5.16 Å². The average Bonchev–Trinajstić information content (AvgIpc) is 3.04. The van der Waals surface area contributed by atoms with Gasteiger partial charge in [-0.25, -0.2) is 0 Å². The normalized spacial score (nSPS) is 23.6. The summed E-state index contributed by atoms with van der Waals surface area (Å²) in [5.41, 5.74) is 0. The van der Waals surface area contributed by atoms with Crippen molar-refractivity contribution < 1.29 is 9.53 Å².